The first-order valence-electron chi connectivity index (χ1n) is 9.52. The molecule has 0 atom stereocenters. The lowest BCUT2D eigenvalue weighted by molar-refractivity contribution is 0.297. The molecule has 0 aliphatic carbocycles. The molecule has 4 rings (SSSR count). The highest BCUT2D eigenvalue weighted by molar-refractivity contribution is 6.50. The lowest BCUT2D eigenvalue weighted by Crippen LogP contribution is -2.10. The van der Waals surface area contributed by atoms with Gasteiger partial charge in [0.2, 0.25) is 0 Å². The maximum absolute atomic E-state index is 12.3. The quantitative estimate of drug-likeness (QED) is 0.481. The monoisotopic (exact) mass is 417 g/mol. The molecule has 4 aromatic rings. The average molecular weight is 418 g/mol. The minimum absolute atomic E-state index is 0.215. The van der Waals surface area contributed by atoms with Crippen LogP contribution in [0, 0.1) is 13.8 Å². The predicted molar refractivity (Wildman–Crippen MR) is 121 cm³/mol. The van der Waals surface area contributed by atoms with Crippen molar-refractivity contribution >= 4 is 33.6 Å². The highest BCUT2D eigenvalue weighted by atomic mass is 35.5. The largest absolute Gasteiger partial charge is 0.487 e. The Morgan fingerprint density at radius 1 is 1.10 bits per heavy atom. The summed E-state index contributed by atoms with van der Waals surface area (Å²) in [4.78, 5) is 23.8. The van der Waals surface area contributed by atoms with Crippen molar-refractivity contribution in [2.45, 2.75) is 20.5 Å². The lowest BCUT2D eigenvalue weighted by Gasteiger charge is -2.13. The zero-order valence-electron chi connectivity index (χ0n) is 16.6. The van der Waals surface area contributed by atoms with Gasteiger partial charge in [0.15, 0.2) is 5.82 Å². The molecular weight excluding hydrogens is 398 g/mol. The number of nitrogens with one attached hydrogen (secondary N) is 1. The molecule has 2 heterocycles. The van der Waals surface area contributed by atoms with Crippen LogP contribution in [0.15, 0.2) is 65.6 Å². The summed E-state index contributed by atoms with van der Waals surface area (Å²) in [7, 11) is 0. The second-order valence-corrected chi connectivity index (χ2v) is 7.42. The second kappa shape index (κ2) is 8.51. The molecule has 0 bridgehead atoms. The number of fused-ring (bicyclic) bond motifs is 1. The molecule has 2 aromatic heterocycles. The number of benzene rings is 2. The first-order valence-corrected chi connectivity index (χ1v) is 9.89. The van der Waals surface area contributed by atoms with Gasteiger partial charge in [0, 0.05) is 6.20 Å². The normalized spacial score (nSPS) is 11.6. The zero-order chi connectivity index (χ0) is 21.1. The van der Waals surface area contributed by atoms with Gasteiger partial charge >= 0.3 is 0 Å². The van der Waals surface area contributed by atoms with Crippen LogP contribution in [0.4, 0.5) is 0 Å². The molecule has 150 valence electrons. The molecule has 0 spiro atoms. The number of aromatic nitrogens is 3. The van der Waals surface area contributed by atoms with Crippen LogP contribution >= 0.6 is 11.6 Å². The molecule has 0 saturated heterocycles. The molecule has 6 heteroatoms. The minimum Gasteiger partial charge on any atom is -0.487 e. The molecule has 0 unspecified atom stereocenters. The van der Waals surface area contributed by atoms with E-state index < -0.39 is 0 Å². The molecule has 0 aliphatic heterocycles. The van der Waals surface area contributed by atoms with Crippen LogP contribution in [-0.4, -0.2) is 15.0 Å². The van der Waals surface area contributed by atoms with Crippen molar-refractivity contribution < 1.29 is 4.74 Å². The molecule has 5 nitrogen and oxygen atoms in total. The van der Waals surface area contributed by atoms with Crippen LogP contribution in [0.5, 0.6) is 5.75 Å². The number of halogens is 1. The van der Waals surface area contributed by atoms with E-state index in [9.17, 15) is 4.79 Å². The molecule has 0 fully saturated rings. The number of rotatable bonds is 5. The SMILES string of the molecule is Cc1cc(C=C(Cl)c2nc3ccccc3c(=O)[nH]2)cc(C)c1OCc1ccccn1. The Balaban J connectivity index is 1.61. The number of aromatic amines is 1. The highest BCUT2D eigenvalue weighted by Gasteiger charge is 2.10. The molecule has 30 heavy (non-hydrogen) atoms. The third-order valence-electron chi connectivity index (χ3n) is 4.71. The van der Waals surface area contributed by atoms with Gasteiger partial charge < -0.3 is 9.72 Å². The summed E-state index contributed by atoms with van der Waals surface area (Å²) in [5.74, 6) is 1.16. The van der Waals surface area contributed by atoms with E-state index in [2.05, 4.69) is 15.0 Å². The van der Waals surface area contributed by atoms with Crippen molar-refractivity contribution in [3.63, 3.8) is 0 Å². The third kappa shape index (κ3) is 4.26. The average Bonchev–Trinajstić information content (AvgIpc) is 2.74. The van der Waals surface area contributed by atoms with Crippen LogP contribution in [0.2, 0.25) is 0 Å². The molecule has 2 aromatic carbocycles. The Morgan fingerprint density at radius 2 is 1.83 bits per heavy atom. The number of H-pyrrole nitrogens is 1. The van der Waals surface area contributed by atoms with E-state index in [0.717, 1.165) is 28.1 Å². The molecule has 0 aliphatic rings. The number of aryl methyl sites for hydroxylation is 2. The van der Waals surface area contributed by atoms with Gasteiger partial charge in [-0.05, 0) is 73.0 Å². The zero-order valence-corrected chi connectivity index (χ0v) is 17.4. The van der Waals surface area contributed by atoms with E-state index in [-0.39, 0.29) is 5.56 Å². The van der Waals surface area contributed by atoms with Crippen molar-refractivity contribution in [3.05, 3.63) is 99.4 Å². The van der Waals surface area contributed by atoms with Crippen LogP contribution in [0.1, 0.15) is 28.2 Å². The highest BCUT2D eigenvalue weighted by Crippen LogP contribution is 2.28. The summed E-state index contributed by atoms with van der Waals surface area (Å²) < 4.78 is 5.99. The fourth-order valence-corrected chi connectivity index (χ4v) is 3.55. The summed E-state index contributed by atoms with van der Waals surface area (Å²) in [6.45, 7) is 4.38. The number of para-hydroxylation sites is 1. The number of hydrogen-bond donors (Lipinski definition) is 1. The second-order valence-electron chi connectivity index (χ2n) is 7.02. The smallest absolute Gasteiger partial charge is 0.259 e. The molecule has 0 radical (unpaired) electrons. The van der Waals surface area contributed by atoms with E-state index in [1.165, 1.54) is 0 Å². The molecule has 1 N–H and O–H groups in total. The standard InChI is InChI=1S/C24H20ClN3O2/c1-15-11-17(12-16(2)22(15)30-14-18-7-5-6-10-26-18)13-20(25)23-27-21-9-4-3-8-19(21)24(29)28-23/h3-13H,14H2,1-2H3,(H,27,28,29). The number of ether oxygens (including phenoxy) is 1. The minimum atomic E-state index is -0.215. The first-order chi connectivity index (χ1) is 14.5. The number of hydrogen-bond acceptors (Lipinski definition) is 4. The van der Waals surface area contributed by atoms with E-state index in [1.807, 2.05) is 50.2 Å². The maximum atomic E-state index is 12.3. The van der Waals surface area contributed by atoms with Gasteiger partial charge in [-0.25, -0.2) is 4.98 Å². The Hall–Kier alpha value is -3.44. The van der Waals surface area contributed by atoms with Crippen molar-refractivity contribution in [3.8, 4) is 5.75 Å². The predicted octanol–water partition coefficient (Wildman–Crippen LogP) is 5.25. The Labute approximate surface area is 179 Å². The molecule has 0 saturated carbocycles. The van der Waals surface area contributed by atoms with Gasteiger partial charge in [0.25, 0.3) is 5.56 Å². The summed E-state index contributed by atoms with van der Waals surface area (Å²) in [5, 5.41) is 0.894. The van der Waals surface area contributed by atoms with E-state index >= 15 is 0 Å². The fourth-order valence-electron chi connectivity index (χ4n) is 3.34. The van der Waals surface area contributed by atoms with Crippen molar-refractivity contribution in [2.75, 3.05) is 0 Å². The number of pyridine rings is 1. The summed E-state index contributed by atoms with van der Waals surface area (Å²) in [6, 6.07) is 16.9. The Kier molecular flexibility index (Phi) is 5.63. The van der Waals surface area contributed by atoms with Gasteiger partial charge in [-0.3, -0.25) is 9.78 Å². The molecule has 0 amide bonds. The number of nitrogens with zero attached hydrogens (tertiary/aromatic N) is 2. The van der Waals surface area contributed by atoms with E-state index in [0.29, 0.717) is 28.4 Å². The van der Waals surface area contributed by atoms with Crippen molar-refractivity contribution in [1.82, 2.24) is 15.0 Å². The van der Waals surface area contributed by atoms with Gasteiger partial charge in [-0.15, -0.1) is 0 Å². The van der Waals surface area contributed by atoms with Crippen molar-refractivity contribution in [2.24, 2.45) is 0 Å². The van der Waals surface area contributed by atoms with Gasteiger partial charge in [0.1, 0.15) is 12.4 Å². The lowest BCUT2D eigenvalue weighted by atomic mass is 10.1. The summed E-state index contributed by atoms with van der Waals surface area (Å²) in [6.07, 6.45) is 3.54. The fraction of sp³-hybridized carbons (Fsp3) is 0.125. The van der Waals surface area contributed by atoms with Gasteiger partial charge in [-0.1, -0.05) is 29.8 Å². The maximum Gasteiger partial charge on any atom is 0.259 e. The molecular formula is C24H20ClN3O2. The van der Waals surface area contributed by atoms with Gasteiger partial charge in [0.05, 0.1) is 21.6 Å². The Bertz CT molecular complexity index is 1270. The van der Waals surface area contributed by atoms with E-state index in [4.69, 9.17) is 16.3 Å². The van der Waals surface area contributed by atoms with Crippen LogP contribution in [0.25, 0.3) is 22.0 Å². The van der Waals surface area contributed by atoms with Crippen LogP contribution < -0.4 is 10.3 Å². The Morgan fingerprint density at radius 3 is 2.57 bits per heavy atom. The topological polar surface area (TPSA) is 67.9 Å². The summed E-state index contributed by atoms with van der Waals surface area (Å²) >= 11 is 6.49. The van der Waals surface area contributed by atoms with Crippen LogP contribution in [0.3, 0.4) is 0 Å². The third-order valence-corrected chi connectivity index (χ3v) is 4.99. The van der Waals surface area contributed by atoms with Crippen LogP contribution in [-0.2, 0) is 6.61 Å². The van der Waals surface area contributed by atoms with Gasteiger partial charge in [-0.2, -0.15) is 0 Å². The van der Waals surface area contributed by atoms with Crippen molar-refractivity contribution in [1.29, 1.82) is 0 Å². The first kappa shape index (κ1) is 19.9. The van der Waals surface area contributed by atoms with E-state index in [1.54, 1.807) is 30.5 Å². The summed E-state index contributed by atoms with van der Waals surface area (Å²) in [5.41, 5.74) is 4.13.